The quantitative estimate of drug-likeness (QED) is 0.816. The number of hydrogen-bond donors (Lipinski definition) is 1. The Morgan fingerprint density at radius 3 is 3.00 bits per heavy atom. The van der Waals surface area contributed by atoms with Crippen LogP contribution in [0.25, 0.3) is 0 Å². The molecule has 78 valence electrons. The van der Waals surface area contributed by atoms with Crippen LogP contribution in [-0.2, 0) is 4.74 Å². The van der Waals surface area contributed by atoms with Crippen LogP contribution in [0.3, 0.4) is 0 Å². The summed E-state index contributed by atoms with van der Waals surface area (Å²) in [6.45, 7) is 2.79. The molecule has 0 bridgehead atoms. The average molecular weight is 211 g/mol. The molecular formula is C11H17NOS. The molecule has 1 aromatic heterocycles. The van der Waals surface area contributed by atoms with Crippen LogP contribution < -0.4 is 5.73 Å². The first-order chi connectivity index (χ1) is 6.79. The minimum absolute atomic E-state index is 0.274. The van der Waals surface area contributed by atoms with E-state index in [1.807, 2.05) is 11.3 Å². The molecule has 0 aliphatic carbocycles. The maximum atomic E-state index is 5.92. The molecule has 0 aromatic carbocycles. The zero-order valence-corrected chi connectivity index (χ0v) is 9.35. The second kappa shape index (κ2) is 4.43. The molecule has 1 aliphatic rings. The Bertz CT molecular complexity index is 297. The number of ether oxygens (including phenoxy) is 1. The van der Waals surface area contributed by atoms with Crippen LogP contribution >= 0.6 is 11.3 Å². The molecule has 2 rings (SSSR count). The Labute approximate surface area is 89.1 Å². The van der Waals surface area contributed by atoms with Crippen molar-refractivity contribution >= 4 is 11.3 Å². The van der Waals surface area contributed by atoms with Gasteiger partial charge < -0.3 is 10.5 Å². The Kier molecular flexibility index (Phi) is 3.21. The second-order valence-electron chi connectivity index (χ2n) is 3.86. The van der Waals surface area contributed by atoms with Crippen molar-refractivity contribution in [3.05, 3.63) is 21.9 Å². The molecule has 0 radical (unpaired) electrons. The molecule has 2 N–H and O–H groups in total. The summed E-state index contributed by atoms with van der Waals surface area (Å²) in [7, 11) is 0. The summed E-state index contributed by atoms with van der Waals surface area (Å²) in [6, 6.07) is 4.35. The highest BCUT2D eigenvalue weighted by atomic mass is 32.1. The molecule has 0 amide bonds. The summed E-state index contributed by atoms with van der Waals surface area (Å²) >= 11 is 1.84. The van der Waals surface area contributed by atoms with Gasteiger partial charge in [0.2, 0.25) is 0 Å². The van der Waals surface area contributed by atoms with Gasteiger partial charge in [-0.3, -0.25) is 0 Å². The van der Waals surface area contributed by atoms with Gasteiger partial charge in [-0.2, -0.15) is 0 Å². The van der Waals surface area contributed by atoms with Crippen molar-refractivity contribution in [2.75, 3.05) is 6.54 Å². The summed E-state index contributed by atoms with van der Waals surface area (Å²) in [6.07, 6.45) is 4.09. The first kappa shape index (κ1) is 10.1. The van der Waals surface area contributed by atoms with E-state index in [9.17, 15) is 0 Å². The number of aryl methyl sites for hydroxylation is 1. The third-order valence-corrected chi connectivity index (χ3v) is 3.78. The van der Waals surface area contributed by atoms with Crippen molar-refractivity contribution in [3.8, 4) is 0 Å². The Morgan fingerprint density at radius 1 is 1.50 bits per heavy atom. The predicted molar refractivity (Wildman–Crippen MR) is 59.6 cm³/mol. The molecule has 2 heterocycles. The van der Waals surface area contributed by atoms with E-state index < -0.39 is 0 Å². The average Bonchev–Trinajstić information content (AvgIpc) is 2.65. The van der Waals surface area contributed by atoms with Crippen molar-refractivity contribution < 1.29 is 4.74 Å². The predicted octanol–water partition coefficient (Wildman–Crippen LogP) is 2.63. The highest BCUT2D eigenvalue weighted by molar-refractivity contribution is 7.12. The largest absolute Gasteiger partial charge is 0.368 e. The van der Waals surface area contributed by atoms with E-state index in [0.717, 1.165) is 12.8 Å². The fourth-order valence-electron chi connectivity index (χ4n) is 1.91. The van der Waals surface area contributed by atoms with Gasteiger partial charge in [-0.25, -0.2) is 0 Å². The molecule has 1 aliphatic heterocycles. The Morgan fingerprint density at radius 2 is 2.36 bits per heavy atom. The molecule has 2 unspecified atom stereocenters. The van der Waals surface area contributed by atoms with Crippen LogP contribution in [-0.4, -0.2) is 12.6 Å². The molecule has 1 saturated heterocycles. The van der Waals surface area contributed by atoms with Crippen molar-refractivity contribution in [2.45, 2.75) is 38.4 Å². The van der Waals surface area contributed by atoms with E-state index in [-0.39, 0.29) is 6.10 Å². The van der Waals surface area contributed by atoms with Gasteiger partial charge in [-0.15, -0.1) is 11.3 Å². The monoisotopic (exact) mass is 211 g/mol. The minimum Gasteiger partial charge on any atom is -0.368 e. The zero-order chi connectivity index (χ0) is 9.97. The Hall–Kier alpha value is -0.380. The summed E-state index contributed by atoms with van der Waals surface area (Å²) in [5.41, 5.74) is 5.63. The second-order valence-corrected chi connectivity index (χ2v) is 5.18. The third kappa shape index (κ3) is 2.16. The van der Waals surface area contributed by atoms with Gasteiger partial charge in [0.1, 0.15) is 0 Å². The SMILES string of the molecule is Cc1ccc(C2CCCC(CN)O2)s1. The van der Waals surface area contributed by atoms with Gasteiger partial charge in [0.15, 0.2) is 0 Å². The van der Waals surface area contributed by atoms with Gasteiger partial charge in [0.25, 0.3) is 0 Å². The lowest BCUT2D eigenvalue weighted by Gasteiger charge is -2.28. The van der Waals surface area contributed by atoms with E-state index in [1.54, 1.807) is 0 Å². The number of hydrogen-bond acceptors (Lipinski definition) is 3. The lowest BCUT2D eigenvalue weighted by Crippen LogP contribution is -2.29. The van der Waals surface area contributed by atoms with Gasteiger partial charge in [-0.1, -0.05) is 0 Å². The van der Waals surface area contributed by atoms with E-state index in [1.165, 1.54) is 16.2 Å². The molecule has 14 heavy (non-hydrogen) atoms. The first-order valence-electron chi connectivity index (χ1n) is 5.21. The van der Waals surface area contributed by atoms with Crippen molar-refractivity contribution in [1.82, 2.24) is 0 Å². The van der Waals surface area contributed by atoms with E-state index in [2.05, 4.69) is 19.1 Å². The minimum atomic E-state index is 0.274. The summed E-state index contributed by atoms with van der Waals surface area (Å²) in [4.78, 5) is 2.72. The highest BCUT2D eigenvalue weighted by Crippen LogP contribution is 2.34. The number of thiophene rings is 1. The topological polar surface area (TPSA) is 35.2 Å². The van der Waals surface area contributed by atoms with Crippen LogP contribution in [0.1, 0.15) is 35.1 Å². The van der Waals surface area contributed by atoms with E-state index in [0.29, 0.717) is 12.6 Å². The number of rotatable bonds is 2. The van der Waals surface area contributed by atoms with Crippen molar-refractivity contribution in [1.29, 1.82) is 0 Å². The molecule has 1 aromatic rings. The molecule has 0 spiro atoms. The maximum Gasteiger partial charge on any atom is 0.0921 e. The molecular weight excluding hydrogens is 194 g/mol. The fraction of sp³-hybridized carbons (Fsp3) is 0.636. The van der Waals surface area contributed by atoms with Crippen LogP contribution in [0.2, 0.25) is 0 Å². The van der Waals surface area contributed by atoms with Gasteiger partial charge >= 0.3 is 0 Å². The van der Waals surface area contributed by atoms with Gasteiger partial charge in [0.05, 0.1) is 12.2 Å². The molecule has 1 fully saturated rings. The maximum absolute atomic E-state index is 5.92. The summed E-state index contributed by atoms with van der Waals surface area (Å²) < 4.78 is 5.92. The van der Waals surface area contributed by atoms with E-state index >= 15 is 0 Å². The van der Waals surface area contributed by atoms with Gasteiger partial charge in [-0.05, 0) is 38.3 Å². The van der Waals surface area contributed by atoms with Crippen LogP contribution in [0.4, 0.5) is 0 Å². The normalized spacial score (nSPS) is 27.9. The standard InChI is InChI=1S/C11H17NOS/c1-8-5-6-11(14-8)10-4-2-3-9(7-12)13-10/h5-6,9-10H,2-4,7,12H2,1H3. The lowest BCUT2D eigenvalue weighted by molar-refractivity contribution is -0.0444. The van der Waals surface area contributed by atoms with Crippen molar-refractivity contribution in [2.24, 2.45) is 5.73 Å². The molecule has 3 heteroatoms. The Balaban J connectivity index is 2.04. The van der Waals surface area contributed by atoms with Crippen LogP contribution in [0, 0.1) is 6.92 Å². The summed E-state index contributed by atoms with van der Waals surface area (Å²) in [5.74, 6) is 0. The highest BCUT2D eigenvalue weighted by Gasteiger charge is 2.23. The zero-order valence-electron chi connectivity index (χ0n) is 8.53. The van der Waals surface area contributed by atoms with Crippen molar-refractivity contribution in [3.63, 3.8) is 0 Å². The molecule has 2 atom stereocenters. The van der Waals surface area contributed by atoms with Crippen LogP contribution in [0.15, 0.2) is 12.1 Å². The number of nitrogens with two attached hydrogens (primary N) is 1. The fourth-order valence-corrected chi connectivity index (χ4v) is 2.86. The molecule has 2 nitrogen and oxygen atoms in total. The lowest BCUT2D eigenvalue weighted by atomic mass is 10.0. The molecule has 0 saturated carbocycles. The van der Waals surface area contributed by atoms with Gasteiger partial charge in [0, 0.05) is 16.3 Å². The first-order valence-corrected chi connectivity index (χ1v) is 6.03. The van der Waals surface area contributed by atoms with E-state index in [4.69, 9.17) is 10.5 Å². The summed E-state index contributed by atoms with van der Waals surface area (Å²) in [5, 5.41) is 0. The van der Waals surface area contributed by atoms with Crippen LogP contribution in [0.5, 0.6) is 0 Å². The smallest absolute Gasteiger partial charge is 0.0921 e. The third-order valence-electron chi connectivity index (χ3n) is 2.69.